The highest BCUT2D eigenvalue weighted by Crippen LogP contribution is 2.39. The van der Waals surface area contributed by atoms with E-state index in [1.54, 1.807) is 6.08 Å². The Hall–Kier alpha value is -7.11. The zero-order valence-electron chi connectivity index (χ0n) is 28.2. The van der Waals surface area contributed by atoms with Crippen molar-refractivity contribution in [2.45, 2.75) is 0 Å². The fourth-order valence-electron chi connectivity index (χ4n) is 6.61. The van der Waals surface area contributed by atoms with Crippen molar-refractivity contribution in [2.75, 3.05) is 4.90 Å². The second-order valence-electron chi connectivity index (χ2n) is 12.6. The molecule has 1 N–H and O–H groups in total. The Morgan fingerprint density at radius 3 is 1.44 bits per heavy atom. The lowest BCUT2D eigenvalue weighted by Gasteiger charge is -2.26. The Morgan fingerprint density at radius 2 is 0.962 bits per heavy atom. The van der Waals surface area contributed by atoms with E-state index in [1.165, 1.54) is 0 Å². The van der Waals surface area contributed by atoms with Gasteiger partial charge in [-0.1, -0.05) is 91.5 Å². The number of hydrogen-bond donors (Lipinski definition) is 1. The van der Waals surface area contributed by atoms with Gasteiger partial charge < -0.3 is 18.7 Å². The van der Waals surface area contributed by atoms with Crippen LogP contribution in [0.1, 0.15) is 5.82 Å². The molecule has 0 radical (unpaired) electrons. The third-order valence-corrected chi connectivity index (χ3v) is 9.30. The molecule has 0 saturated heterocycles. The number of hydrogen-bond acceptors (Lipinski definition) is 4. The minimum atomic E-state index is 0.799. The lowest BCUT2D eigenvalue weighted by atomic mass is 10.0. The second-order valence-corrected chi connectivity index (χ2v) is 12.6. The molecule has 5 nitrogen and oxygen atoms in total. The Kier molecular flexibility index (Phi) is 7.91. The Morgan fingerprint density at radius 1 is 0.519 bits per heavy atom. The summed E-state index contributed by atoms with van der Waals surface area (Å²) in [4.78, 5) is 10.1. The Bertz CT molecular complexity index is 2490. The molecule has 0 saturated carbocycles. The topological polar surface area (TPSA) is 58.2 Å². The van der Waals surface area contributed by atoms with E-state index < -0.39 is 0 Å². The molecule has 0 aliphatic rings. The van der Waals surface area contributed by atoms with Gasteiger partial charge in [0.2, 0.25) is 0 Å². The van der Waals surface area contributed by atoms with Crippen LogP contribution >= 0.6 is 0 Å². The molecule has 248 valence electrons. The molecule has 9 aromatic rings. The number of benzene rings is 6. The van der Waals surface area contributed by atoms with Crippen LogP contribution in [0.4, 0.5) is 17.1 Å². The summed E-state index contributed by atoms with van der Waals surface area (Å²) in [5, 5.41) is 2.18. The molecular formula is C47H33N3O2. The Balaban J connectivity index is 1.03. The first-order valence-corrected chi connectivity index (χ1v) is 17.2. The first-order valence-electron chi connectivity index (χ1n) is 17.2. The van der Waals surface area contributed by atoms with Gasteiger partial charge in [0.25, 0.3) is 0 Å². The smallest absolute Gasteiger partial charge is 0.135 e. The van der Waals surface area contributed by atoms with Crippen LogP contribution in [0.3, 0.4) is 0 Å². The van der Waals surface area contributed by atoms with Crippen molar-refractivity contribution < 1.29 is 8.83 Å². The summed E-state index contributed by atoms with van der Waals surface area (Å²) in [7, 11) is 0. The summed E-state index contributed by atoms with van der Waals surface area (Å²) in [5.41, 5.74) is 11.2. The summed E-state index contributed by atoms with van der Waals surface area (Å²) < 4.78 is 12.3. The minimum Gasteiger partial charge on any atom is -0.456 e. The van der Waals surface area contributed by atoms with Crippen molar-refractivity contribution in [1.29, 1.82) is 0 Å². The van der Waals surface area contributed by atoms with Crippen molar-refractivity contribution in [3.05, 3.63) is 188 Å². The van der Waals surface area contributed by atoms with Crippen LogP contribution < -0.4 is 4.90 Å². The average Bonchev–Trinajstić information content (AvgIpc) is 3.97. The van der Waals surface area contributed by atoms with Gasteiger partial charge in [0, 0.05) is 50.7 Å². The van der Waals surface area contributed by atoms with Crippen molar-refractivity contribution in [3.63, 3.8) is 0 Å². The maximum Gasteiger partial charge on any atom is 0.135 e. The van der Waals surface area contributed by atoms with E-state index in [9.17, 15) is 0 Å². The molecular weight excluding hydrogens is 639 g/mol. The lowest BCUT2D eigenvalue weighted by molar-refractivity contribution is 0.631. The number of para-hydroxylation sites is 2. The van der Waals surface area contributed by atoms with Gasteiger partial charge in [0.05, 0.1) is 5.69 Å². The first-order chi connectivity index (χ1) is 25.7. The first kappa shape index (κ1) is 30.9. The quantitative estimate of drug-likeness (QED) is 0.155. The summed E-state index contributed by atoms with van der Waals surface area (Å²) in [6.45, 7) is 3.73. The van der Waals surface area contributed by atoms with E-state index in [0.717, 1.165) is 89.9 Å². The van der Waals surface area contributed by atoms with E-state index in [4.69, 9.17) is 8.83 Å². The minimum absolute atomic E-state index is 0.799. The van der Waals surface area contributed by atoms with Gasteiger partial charge in [0.15, 0.2) is 0 Å². The normalized spacial score (nSPS) is 11.5. The third kappa shape index (κ3) is 6.01. The van der Waals surface area contributed by atoms with Gasteiger partial charge in [-0.3, -0.25) is 0 Å². The van der Waals surface area contributed by atoms with Gasteiger partial charge in [-0.05, 0) is 102 Å². The molecule has 0 aliphatic carbocycles. The summed E-state index contributed by atoms with van der Waals surface area (Å²) in [6.07, 6.45) is 7.43. The second kappa shape index (κ2) is 13.3. The van der Waals surface area contributed by atoms with E-state index in [0.29, 0.717) is 0 Å². The standard InChI is InChI=1S/C47H33N3O2/c1-2-3-12-47-48-31-42(49-47)34-15-13-32(14-16-34)33-17-23-39(24-18-33)50(40-25-19-35(20-26-40)45-29-37-8-4-6-10-43(37)51-45)41-27-21-36(22-28-41)46-30-38-9-5-7-11-44(38)52-46/h2-31H,1H2,(H,48,49)/b12-3-. The van der Waals surface area contributed by atoms with Gasteiger partial charge in [0.1, 0.15) is 28.5 Å². The SMILES string of the molecule is C=C/C=C\c1nc(-c2ccc(-c3ccc(N(c4ccc(-c5cc6ccccc6o5)cc4)c4ccc(-c5cc6ccccc6o5)cc4)cc3)cc2)c[nH]1. The zero-order chi connectivity index (χ0) is 34.9. The number of rotatable bonds is 9. The molecule has 5 heteroatoms. The molecule has 0 spiro atoms. The predicted molar refractivity (Wildman–Crippen MR) is 214 cm³/mol. The van der Waals surface area contributed by atoms with E-state index >= 15 is 0 Å². The molecule has 9 rings (SSSR count). The molecule has 3 aromatic heterocycles. The molecule has 0 aliphatic heterocycles. The monoisotopic (exact) mass is 671 g/mol. The van der Waals surface area contributed by atoms with Gasteiger partial charge in [-0.25, -0.2) is 4.98 Å². The van der Waals surface area contributed by atoms with Crippen LogP contribution in [0.5, 0.6) is 0 Å². The number of nitrogens with zero attached hydrogens (tertiary/aromatic N) is 2. The number of allylic oxidation sites excluding steroid dienone is 2. The number of nitrogens with one attached hydrogen (secondary N) is 1. The van der Waals surface area contributed by atoms with E-state index in [2.05, 4.69) is 143 Å². The summed E-state index contributed by atoms with van der Waals surface area (Å²) in [5.74, 6) is 2.50. The van der Waals surface area contributed by atoms with Crippen LogP contribution in [-0.4, -0.2) is 9.97 Å². The van der Waals surface area contributed by atoms with E-state index in [-0.39, 0.29) is 0 Å². The van der Waals surface area contributed by atoms with Gasteiger partial charge in [-0.2, -0.15) is 0 Å². The zero-order valence-corrected chi connectivity index (χ0v) is 28.2. The van der Waals surface area contributed by atoms with Crippen LogP contribution in [0.25, 0.3) is 73.0 Å². The molecule has 0 atom stereocenters. The molecule has 52 heavy (non-hydrogen) atoms. The van der Waals surface area contributed by atoms with E-state index in [1.807, 2.05) is 54.7 Å². The number of H-pyrrole nitrogens is 1. The van der Waals surface area contributed by atoms with Crippen LogP contribution in [0.2, 0.25) is 0 Å². The number of imidazole rings is 1. The molecule has 6 aromatic carbocycles. The maximum atomic E-state index is 6.17. The van der Waals surface area contributed by atoms with Crippen molar-refractivity contribution in [1.82, 2.24) is 9.97 Å². The number of fused-ring (bicyclic) bond motifs is 2. The van der Waals surface area contributed by atoms with Crippen LogP contribution in [-0.2, 0) is 0 Å². The molecule has 0 fully saturated rings. The summed E-state index contributed by atoms with van der Waals surface area (Å²) in [6, 6.07) is 54.7. The van der Waals surface area contributed by atoms with Gasteiger partial charge >= 0.3 is 0 Å². The molecule has 0 unspecified atom stereocenters. The fraction of sp³-hybridized carbons (Fsp3) is 0. The molecule has 0 amide bonds. The van der Waals surface area contributed by atoms with Gasteiger partial charge in [-0.15, -0.1) is 0 Å². The summed E-state index contributed by atoms with van der Waals surface area (Å²) >= 11 is 0. The molecule has 0 bridgehead atoms. The van der Waals surface area contributed by atoms with Crippen molar-refractivity contribution in [2.24, 2.45) is 0 Å². The Labute approximate surface area is 301 Å². The lowest BCUT2D eigenvalue weighted by Crippen LogP contribution is -2.09. The number of aromatic amines is 1. The predicted octanol–water partition coefficient (Wildman–Crippen LogP) is 13.2. The highest BCUT2D eigenvalue weighted by molar-refractivity contribution is 5.86. The third-order valence-electron chi connectivity index (χ3n) is 9.30. The highest BCUT2D eigenvalue weighted by atomic mass is 16.3. The van der Waals surface area contributed by atoms with Crippen LogP contribution in [0.15, 0.2) is 191 Å². The number of aromatic nitrogens is 2. The highest BCUT2D eigenvalue weighted by Gasteiger charge is 2.16. The number of furan rings is 2. The van der Waals surface area contributed by atoms with Crippen molar-refractivity contribution in [3.8, 4) is 45.0 Å². The molecule has 3 heterocycles. The van der Waals surface area contributed by atoms with Crippen molar-refractivity contribution >= 4 is 45.1 Å². The maximum absolute atomic E-state index is 6.17. The fourth-order valence-corrected chi connectivity index (χ4v) is 6.61. The average molecular weight is 672 g/mol. The largest absolute Gasteiger partial charge is 0.456 e. The number of anilines is 3. The van der Waals surface area contributed by atoms with Crippen LogP contribution in [0, 0.1) is 0 Å².